The fraction of sp³-hybridized carbons (Fsp3) is 0.867. The molecule has 21 heavy (non-hydrogen) atoms. The van der Waals surface area contributed by atoms with Crippen molar-refractivity contribution < 1.29 is 24.5 Å². The molecule has 0 aromatic heterocycles. The Balaban J connectivity index is 2.77. The second-order valence-electron chi connectivity index (χ2n) is 5.81. The normalized spacial score (nSPS) is 20.5. The van der Waals surface area contributed by atoms with E-state index >= 15 is 0 Å². The van der Waals surface area contributed by atoms with Crippen LogP contribution in [0.5, 0.6) is 0 Å². The summed E-state index contributed by atoms with van der Waals surface area (Å²) in [4.78, 5) is 23.2. The molecule has 0 saturated heterocycles. The van der Waals surface area contributed by atoms with E-state index in [2.05, 4.69) is 0 Å². The smallest absolute Gasteiger partial charge is 0.334 e. The second kappa shape index (κ2) is 9.00. The largest absolute Gasteiger partial charge is 0.479 e. The third-order valence-corrected chi connectivity index (χ3v) is 4.20. The zero-order valence-electron chi connectivity index (χ0n) is 12.7. The minimum absolute atomic E-state index is 0.00289. The van der Waals surface area contributed by atoms with Gasteiger partial charge in [-0.05, 0) is 25.2 Å². The standard InChI is InChI=1S/C15H27NO5/c1-2-3-9-21-15(20)11(10-7-5-4-6-8-10)12(16)13(17)14(18)19/h10-13,17H,2-9,16H2,1H3,(H,18,19). The van der Waals surface area contributed by atoms with Crippen molar-refractivity contribution >= 4 is 11.9 Å². The number of rotatable bonds is 8. The van der Waals surface area contributed by atoms with Gasteiger partial charge in [0.05, 0.1) is 18.6 Å². The molecular weight excluding hydrogens is 274 g/mol. The molecular formula is C15H27NO5. The highest BCUT2D eigenvalue weighted by molar-refractivity contribution is 5.78. The van der Waals surface area contributed by atoms with E-state index in [1.165, 1.54) is 0 Å². The van der Waals surface area contributed by atoms with Gasteiger partial charge in [-0.1, -0.05) is 32.6 Å². The van der Waals surface area contributed by atoms with Gasteiger partial charge in [0.2, 0.25) is 0 Å². The van der Waals surface area contributed by atoms with Crippen molar-refractivity contribution in [2.75, 3.05) is 6.61 Å². The number of esters is 1. The molecule has 4 N–H and O–H groups in total. The summed E-state index contributed by atoms with van der Waals surface area (Å²) in [6.45, 7) is 2.31. The van der Waals surface area contributed by atoms with Crippen molar-refractivity contribution in [1.82, 2.24) is 0 Å². The average molecular weight is 301 g/mol. The van der Waals surface area contributed by atoms with Gasteiger partial charge in [0.15, 0.2) is 6.10 Å². The number of hydrogen-bond acceptors (Lipinski definition) is 5. The zero-order valence-corrected chi connectivity index (χ0v) is 12.7. The van der Waals surface area contributed by atoms with Gasteiger partial charge in [-0.2, -0.15) is 0 Å². The lowest BCUT2D eigenvalue weighted by Gasteiger charge is -2.33. The molecule has 0 aliphatic heterocycles. The van der Waals surface area contributed by atoms with E-state index in [1.807, 2.05) is 6.92 Å². The first kappa shape index (κ1) is 17.9. The molecule has 0 spiro atoms. The molecule has 0 amide bonds. The molecule has 0 aromatic carbocycles. The molecule has 122 valence electrons. The van der Waals surface area contributed by atoms with Crippen LogP contribution in [0, 0.1) is 11.8 Å². The first-order valence-corrected chi connectivity index (χ1v) is 7.82. The number of aliphatic hydroxyl groups is 1. The Bertz CT molecular complexity index is 341. The predicted octanol–water partition coefficient (Wildman–Crippen LogP) is 1.30. The van der Waals surface area contributed by atoms with Crippen molar-refractivity contribution in [3.8, 4) is 0 Å². The zero-order chi connectivity index (χ0) is 15.8. The fourth-order valence-corrected chi connectivity index (χ4v) is 2.93. The number of carboxylic acid groups (broad SMARTS) is 1. The van der Waals surface area contributed by atoms with E-state index in [4.69, 9.17) is 15.6 Å². The molecule has 0 bridgehead atoms. The van der Waals surface area contributed by atoms with Crippen LogP contribution in [-0.4, -0.2) is 40.9 Å². The number of carboxylic acids is 1. The van der Waals surface area contributed by atoms with Crippen LogP contribution in [0.3, 0.4) is 0 Å². The van der Waals surface area contributed by atoms with Crippen LogP contribution in [-0.2, 0) is 14.3 Å². The first-order chi connectivity index (χ1) is 9.99. The molecule has 1 fully saturated rings. The van der Waals surface area contributed by atoms with Crippen LogP contribution in [0.25, 0.3) is 0 Å². The number of carbonyl (C=O) groups excluding carboxylic acids is 1. The molecule has 0 aromatic rings. The molecule has 1 rings (SSSR count). The number of ether oxygens (including phenoxy) is 1. The van der Waals surface area contributed by atoms with Crippen LogP contribution < -0.4 is 5.73 Å². The Morgan fingerprint density at radius 2 is 1.90 bits per heavy atom. The van der Waals surface area contributed by atoms with Gasteiger partial charge in [-0.15, -0.1) is 0 Å². The topological polar surface area (TPSA) is 110 Å². The van der Waals surface area contributed by atoms with Gasteiger partial charge >= 0.3 is 11.9 Å². The van der Waals surface area contributed by atoms with E-state index in [9.17, 15) is 14.7 Å². The number of hydrogen-bond donors (Lipinski definition) is 3. The van der Waals surface area contributed by atoms with E-state index in [0.29, 0.717) is 6.61 Å². The second-order valence-corrected chi connectivity index (χ2v) is 5.81. The third kappa shape index (κ3) is 5.28. The molecule has 0 heterocycles. The summed E-state index contributed by atoms with van der Waals surface area (Å²) in [6.07, 6.45) is 4.70. The molecule has 6 heteroatoms. The maximum absolute atomic E-state index is 12.3. The predicted molar refractivity (Wildman–Crippen MR) is 77.6 cm³/mol. The van der Waals surface area contributed by atoms with Crippen LogP contribution in [0.4, 0.5) is 0 Å². The number of carbonyl (C=O) groups is 2. The van der Waals surface area contributed by atoms with Gasteiger partial charge in [0.1, 0.15) is 0 Å². The van der Waals surface area contributed by atoms with Crippen LogP contribution >= 0.6 is 0 Å². The maximum Gasteiger partial charge on any atom is 0.334 e. The number of aliphatic carboxylic acids is 1. The third-order valence-electron chi connectivity index (χ3n) is 4.20. The molecule has 3 atom stereocenters. The Morgan fingerprint density at radius 3 is 2.43 bits per heavy atom. The van der Waals surface area contributed by atoms with Crippen LogP contribution in [0.1, 0.15) is 51.9 Å². The fourth-order valence-electron chi connectivity index (χ4n) is 2.93. The summed E-state index contributed by atoms with van der Waals surface area (Å²) in [7, 11) is 0. The van der Waals surface area contributed by atoms with E-state index in [-0.39, 0.29) is 5.92 Å². The minimum atomic E-state index is -1.74. The lowest BCUT2D eigenvalue weighted by molar-refractivity contribution is -0.157. The van der Waals surface area contributed by atoms with Gasteiger partial charge in [0, 0.05) is 0 Å². The molecule has 3 unspecified atom stereocenters. The van der Waals surface area contributed by atoms with E-state index < -0.39 is 30.0 Å². The van der Waals surface area contributed by atoms with Gasteiger partial charge in [-0.25, -0.2) is 4.79 Å². The number of unbranched alkanes of at least 4 members (excludes halogenated alkanes) is 1. The highest BCUT2D eigenvalue weighted by Crippen LogP contribution is 2.33. The summed E-state index contributed by atoms with van der Waals surface area (Å²) >= 11 is 0. The Kier molecular flexibility index (Phi) is 7.67. The Morgan fingerprint density at radius 1 is 1.29 bits per heavy atom. The quantitative estimate of drug-likeness (QED) is 0.460. The van der Waals surface area contributed by atoms with Gasteiger partial charge in [0.25, 0.3) is 0 Å². The SMILES string of the molecule is CCCCOC(=O)C(C1CCCCC1)C(N)C(O)C(=O)O. The summed E-state index contributed by atoms with van der Waals surface area (Å²) in [5.41, 5.74) is 5.87. The Labute approximate surface area is 125 Å². The summed E-state index contributed by atoms with van der Waals surface area (Å²) in [5.74, 6) is -2.61. The average Bonchev–Trinajstić information content (AvgIpc) is 2.47. The number of aliphatic hydroxyl groups excluding tert-OH is 1. The lowest BCUT2D eigenvalue weighted by Crippen LogP contribution is -2.51. The maximum atomic E-state index is 12.3. The van der Waals surface area contributed by atoms with Crippen molar-refractivity contribution in [2.24, 2.45) is 17.6 Å². The molecule has 1 aliphatic carbocycles. The van der Waals surface area contributed by atoms with Crippen molar-refractivity contribution in [3.05, 3.63) is 0 Å². The highest BCUT2D eigenvalue weighted by atomic mass is 16.5. The molecule has 0 radical (unpaired) electrons. The monoisotopic (exact) mass is 301 g/mol. The van der Waals surface area contributed by atoms with Crippen molar-refractivity contribution in [2.45, 2.75) is 64.0 Å². The molecule has 1 aliphatic rings. The Hall–Kier alpha value is -1.14. The van der Waals surface area contributed by atoms with E-state index in [0.717, 1.165) is 44.9 Å². The van der Waals surface area contributed by atoms with Crippen LogP contribution in [0.2, 0.25) is 0 Å². The van der Waals surface area contributed by atoms with Gasteiger partial charge < -0.3 is 20.7 Å². The summed E-state index contributed by atoms with van der Waals surface area (Å²) in [6, 6.07) is -1.13. The summed E-state index contributed by atoms with van der Waals surface area (Å²) in [5, 5.41) is 18.6. The summed E-state index contributed by atoms with van der Waals surface area (Å²) < 4.78 is 5.23. The van der Waals surface area contributed by atoms with Gasteiger partial charge in [-0.3, -0.25) is 4.79 Å². The molecule has 1 saturated carbocycles. The minimum Gasteiger partial charge on any atom is -0.479 e. The first-order valence-electron chi connectivity index (χ1n) is 7.82. The lowest BCUT2D eigenvalue weighted by atomic mass is 9.75. The van der Waals surface area contributed by atoms with Crippen molar-refractivity contribution in [1.29, 1.82) is 0 Å². The molecule has 6 nitrogen and oxygen atoms in total. The van der Waals surface area contributed by atoms with Crippen molar-refractivity contribution in [3.63, 3.8) is 0 Å². The van der Waals surface area contributed by atoms with E-state index in [1.54, 1.807) is 0 Å². The number of nitrogens with two attached hydrogens (primary N) is 1. The highest BCUT2D eigenvalue weighted by Gasteiger charge is 2.40. The van der Waals surface area contributed by atoms with Crippen LogP contribution in [0.15, 0.2) is 0 Å².